The van der Waals surface area contributed by atoms with Crippen molar-refractivity contribution in [2.45, 2.75) is 32.7 Å². The summed E-state index contributed by atoms with van der Waals surface area (Å²) in [6.07, 6.45) is 1.73. The molecule has 1 atom stereocenters. The first-order chi connectivity index (χ1) is 9.63. The van der Waals surface area contributed by atoms with E-state index >= 15 is 0 Å². The highest BCUT2D eigenvalue weighted by atomic mass is 35.5. The molecule has 2 nitrogen and oxygen atoms in total. The molecule has 0 spiro atoms. The van der Waals surface area contributed by atoms with Crippen molar-refractivity contribution in [3.63, 3.8) is 0 Å². The van der Waals surface area contributed by atoms with E-state index in [9.17, 15) is 0 Å². The van der Waals surface area contributed by atoms with E-state index in [0.29, 0.717) is 10.0 Å². The van der Waals surface area contributed by atoms with Gasteiger partial charge < -0.3 is 9.73 Å². The Balaban J connectivity index is 2.18. The minimum atomic E-state index is 0.151. The van der Waals surface area contributed by atoms with E-state index in [0.717, 1.165) is 36.5 Å². The smallest absolute Gasteiger partial charge is 0.121 e. The summed E-state index contributed by atoms with van der Waals surface area (Å²) in [4.78, 5) is 0. The van der Waals surface area contributed by atoms with Crippen LogP contribution in [0.4, 0.5) is 0 Å². The fourth-order valence-electron chi connectivity index (χ4n) is 2.19. The van der Waals surface area contributed by atoms with E-state index in [1.54, 1.807) is 0 Å². The first-order valence-corrected chi connectivity index (χ1v) is 7.65. The molecular weight excluding hydrogens is 293 g/mol. The molecular formula is C16H19Cl2NO. The zero-order valence-electron chi connectivity index (χ0n) is 11.7. The summed E-state index contributed by atoms with van der Waals surface area (Å²) < 4.78 is 5.85. The van der Waals surface area contributed by atoms with Crippen molar-refractivity contribution in [2.75, 3.05) is 6.54 Å². The molecule has 1 aromatic carbocycles. The highest BCUT2D eigenvalue weighted by Crippen LogP contribution is 2.26. The van der Waals surface area contributed by atoms with Gasteiger partial charge in [0.1, 0.15) is 11.5 Å². The lowest BCUT2D eigenvalue weighted by Gasteiger charge is -2.16. The summed E-state index contributed by atoms with van der Waals surface area (Å²) in [5.74, 6) is 1.98. The predicted octanol–water partition coefficient (Wildman–Crippen LogP) is 5.04. The molecule has 0 radical (unpaired) electrons. The maximum atomic E-state index is 6.07. The van der Waals surface area contributed by atoms with Gasteiger partial charge in [0.2, 0.25) is 0 Å². The fraction of sp³-hybridized carbons (Fsp3) is 0.375. The van der Waals surface area contributed by atoms with Gasteiger partial charge in [-0.05, 0) is 42.8 Å². The molecule has 1 N–H and O–H groups in total. The van der Waals surface area contributed by atoms with E-state index < -0.39 is 0 Å². The molecule has 0 fully saturated rings. The molecule has 0 aliphatic carbocycles. The van der Waals surface area contributed by atoms with Crippen LogP contribution in [0.25, 0.3) is 0 Å². The minimum Gasteiger partial charge on any atom is -0.464 e. The Kier molecular flexibility index (Phi) is 5.53. The number of furan rings is 1. The zero-order chi connectivity index (χ0) is 14.5. The van der Waals surface area contributed by atoms with E-state index in [1.165, 1.54) is 0 Å². The SMILES string of the molecule is CCNC(Cc1ccc(Cl)c(Cl)c1)c1ccc(CC)o1. The predicted molar refractivity (Wildman–Crippen MR) is 84.7 cm³/mol. The van der Waals surface area contributed by atoms with Gasteiger partial charge in [0.05, 0.1) is 16.1 Å². The highest BCUT2D eigenvalue weighted by molar-refractivity contribution is 6.42. The average Bonchev–Trinajstić information content (AvgIpc) is 2.91. The van der Waals surface area contributed by atoms with Crippen molar-refractivity contribution in [1.82, 2.24) is 5.32 Å². The van der Waals surface area contributed by atoms with E-state index in [1.807, 2.05) is 30.3 Å². The van der Waals surface area contributed by atoms with Gasteiger partial charge in [0.15, 0.2) is 0 Å². The number of benzene rings is 1. The van der Waals surface area contributed by atoms with Crippen LogP contribution >= 0.6 is 23.2 Å². The molecule has 0 amide bonds. The zero-order valence-corrected chi connectivity index (χ0v) is 13.3. The van der Waals surface area contributed by atoms with Crippen molar-refractivity contribution >= 4 is 23.2 Å². The Morgan fingerprint density at radius 3 is 2.50 bits per heavy atom. The van der Waals surface area contributed by atoms with Crippen molar-refractivity contribution in [2.24, 2.45) is 0 Å². The molecule has 0 aliphatic heterocycles. The summed E-state index contributed by atoms with van der Waals surface area (Å²) in [6, 6.07) is 9.98. The third-order valence-electron chi connectivity index (χ3n) is 3.25. The van der Waals surface area contributed by atoms with E-state index in [4.69, 9.17) is 27.6 Å². The largest absolute Gasteiger partial charge is 0.464 e. The van der Waals surface area contributed by atoms with Crippen LogP contribution < -0.4 is 5.32 Å². The molecule has 4 heteroatoms. The lowest BCUT2D eigenvalue weighted by Crippen LogP contribution is -2.22. The van der Waals surface area contributed by atoms with Crippen LogP contribution in [0.1, 0.15) is 37.0 Å². The Bertz CT molecular complexity index is 565. The number of halogens is 2. The summed E-state index contributed by atoms with van der Waals surface area (Å²) in [5.41, 5.74) is 1.14. The molecule has 20 heavy (non-hydrogen) atoms. The van der Waals surface area contributed by atoms with Gasteiger partial charge in [-0.2, -0.15) is 0 Å². The third kappa shape index (κ3) is 3.78. The van der Waals surface area contributed by atoms with Crippen LogP contribution in [0.2, 0.25) is 10.0 Å². The van der Waals surface area contributed by atoms with Gasteiger partial charge in [0, 0.05) is 6.42 Å². The second-order valence-electron chi connectivity index (χ2n) is 4.72. The van der Waals surface area contributed by atoms with Crippen LogP contribution in [0.3, 0.4) is 0 Å². The Morgan fingerprint density at radius 1 is 1.10 bits per heavy atom. The molecule has 2 aromatic rings. The average molecular weight is 312 g/mol. The molecule has 1 aromatic heterocycles. The van der Waals surface area contributed by atoms with Gasteiger partial charge in [0.25, 0.3) is 0 Å². The Morgan fingerprint density at radius 2 is 1.90 bits per heavy atom. The van der Waals surface area contributed by atoms with E-state index in [-0.39, 0.29) is 6.04 Å². The fourth-order valence-corrected chi connectivity index (χ4v) is 2.51. The molecule has 1 unspecified atom stereocenters. The topological polar surface area (TPSA) is 25.2 Å². The number of hydrogen-bond donors (Lipinski definition) is 1. The number of rotatable bonds is 6. The molecule has 0 saturated carbocycles. The van der Waals surface area contributed by atoms with Crippen molar-refractivity contribution in [3.05, 3.63) is 57.5 Å². The summed E-state index contributed by atoms with van der Waals surface area (Å²) >= 11 is 12.0. The second kappa shape index (κ2) is 7.16. The van der Waals surface area contributed by atoms with Crippen molar-refractivity contribution in [1.29, 1.82) is 0 Å². The molecule has 108 valence electrons. The Hall–Kier alpha value is -0.960. The maximum Gasteiger partial charge on any atom is 0.121 e. The lowest BCUT2D eigenvalue weighted by atomic mass is 10.0. The monoisotopic (exact) mass is 311 g/mol. The quantitative estimate of drug-likeness (QED) is 0.808. The van der Waals surface area contributed by atoms with Crippen LogP contribution in [-0.2, 0) is 12.8 Å². The van der Waals surface area contributed by atoms with Crippen LogP contribution in [0.5, 0.6) is 0 Å². The molecule has 0 saturated heterocycles. The van der Waals surface area contributed by atoms with Gasteiger partial charge >= 0.3 is 0 Å². The lowest BCUT2D eigenvalue weighted by molar-refractivity contribution is 0.397. The Labute approximate surface area is 130 Å². The van der Waals surface area contributed by atoms with Crippen molar-refractivity contribution in [3.8, 4) is 0 Å². The van der Waals surface area contributed by atoms with Crippen LogP contribution in [0, 0.1) is 0 Å². The van der Waals surface area contributed by atoms with Crippen LogP contribution in [-0.4, -0.2) is 6.54 Å². The van der Waals surface area contributed by atoms with E-state index in [2.05, 4.69) is 19.2 Å². The number of likely N-dealkylation sites (N-methyl/N-ethyl adjacent to an activating group) is 1. The standard InChI is InChI=1S/C16H19Cl2NO/c1-3-12-6-8-16(20-12)15(19-4-2)10-11-5-7-13(17)14(18)9-11/h5-9,15,19H,3-4,10H2,1-2H3. The van der Waals surface area contributed by atoms with Gasteiger partial charge in [-0.25, -0.2) is 0 Å². The number of nitrogens with one attached hydrogen (secondary N) is 1. The number of hydrogen-bond acceptors (Lipinski definition) is 2. The minimum absolute atomic E-state index is 0.151. The second-order valence-corrected chi connectivity index (χ2v) is 5.53. The van der Waals surface area contributed by atoms with Crippen LogP contribution in [0.15, 0.2) is 34.7 Å². The van der Waals surface area contributed by atoms with Gasteiger partial charge in [-0.3, -0.25) is 0 Å². The van der Waals surface area contributed by atoms with Gasteiger partial charge in [-0.1, -0.05) is 43.1 Å². The number of aryl methyl sites for hydroxylation is 1. The third-order valence-corrected chi connectivity index (χ3v) is 3.99. The molecule has 0 bridgehead atoms. The summed E-state index contributed by atoms with van der Waals surface area (Å²) in [6.45, 7) is 5.06. The molecule has 1 heterocycles. The van der Waals surface area contributed by atoms with Crippen molar-refractivity contribution < 1.29 is 4.42 Å². The summed E-state index contributed by atoms with van der Waals surface area (Å²) in [5, 5.41) is 4.62. The summed E-state index contributed by atoms with van der Waals surface area (Å²) in [7, 11) is 0. The maximum absolute atomic E-state index is 6.07. The first-order valence-electron chi connectivity index (χ1n) is 6.90. The van der Waals surface area contributed by atoms with Gasteiger partial charge in [-0.15, -0.1) is 0 Å². The first kappa shape index (κ1) is 15.4. The molecule has 0 aliphatic rings. The highest BCUT2D eigenvalue weighted by Gasteiger charge is 2.15. The normalized spacial score (nSPS) is 12.6. The molecule has 2 rings (SSSR count).